The zero-order chi connectivity index (χ0) is 11.7. The molecule has 0 unspecified atom stereocenters. The van der Waals surface area contributed by atoms with E-state index >= 15 is 0 Å². The quantitative estimate of drug-likeness (QED) is 0.460. The van der Waals surface area contributed by atoms with Crippen molar-refractivity contribution in [2.45, 2.75) is 0 Å². The van der Waals surface area contributed by atoms with Gasteiger partial charge in [0.2, 0.25) is 0 Å². The van der Waals surface area contributed by atoms with Crippen LogP contribution in [0.15, 0.2) is 0 Å². The molecule has 0 aromatic rings. The van der Waals surface area contributed by atoms with Crippen molar-refractivity contribution in [3.8, 4) is 0 Å². The minimum atomic E-state index is -0.811. The Morgan fingerprint density at radius 3 is 1.50 bits per heavy atom. The van der Waals surface area contributed by atoms with Crippen LogP contribution in [0.2, 0.25) is 0 Å². The van der Waals surface area contributed by atoms with Gasteiger partial charge in [-0.05, 0) is 0 Å². The van der Waals surface area contributed by atoms with Gasteiger partial charge in [-0.25, -0.2) is 10.0 Å². The highest BCUT2D eigenvalue weighted by Crippen LogP contribution is 2.05. The normalized spacial score (nSPS) is 22.0. The van der Waals surface area contributed by atoms with E-state index in [1.165, 1.54) is 0 Å². The van der Waals surface area contributed by atoms with Crippen LogP contribution in [0, 0.1) is 0 Å². The van der Waals surface area contributed by atoms with Gasteiger partial charge < -0.3 is 10.6 Å². The summed E-state index contributed by atoms with van der Waals surface area (Å²) in [6.45, 7) is 0.944. The Balaban J connectivity index is 2.17. The van der Waals surface area contributed by atoms with Crippen LogP contribution >= 0.6 is 0 Å². The zero-order valence-corrected chi connectivity index (χ0v) is 8.36. The predicted octanol–water partition coefficient (Wildman–Crippen LogP) is -3.18. The average Bonchev–Trinajstić information content (AvgIpc) is 2.27. The van der Waals surface area contributed by atoms with Gasteiger partial charge in [0.15, 0.2) is 0 Å². The van der Waals surface area contributed by atoms with Crippen LogP contribution in [0.4, 0.5) is 0 Å². The second-order valence-electron chi connectivity index (χ2n) is 3.37. The van der Waals surface area contributed by atoms with E-state index in [0.717, 1.165) is 10.0 Å². The molecule has 0 atom stereocenters. The number of nitrogens with zero attached hydrogens (tertiary/aromatic N) is 2. The molecule has 0 aromatic carbocycles. The van der Waals surface area contributed by atoms with E-state index in [1.807, 2.05) is 0 Å². The number of hydrazine groups is 1. The van der Waals surface area contributed by atoms with E-state index in [9.17, 15) is 19.2 Å². The maximum atomic E-state index is 11.5. The molecule has 2 fully saturated rings. The van der Waals surface area contributed by atoms with Crippen LogP contribution in [-0.2, 0) is 19.2 Å². The first-order valence-corrected chi connectivity index (χ1v) is 4.80. The van der Waals surface area contributed by atoms with Gasteiger partial charge in [-0.15, -0.1) is 0 Å². The van der Waals surface area contributed by atoms with Crippen molar-refractivity contribution in [2.24, 2.45) is 0 Å². The molecule has 2 saturated heterocycles. The molecule has 0 saturated carbocycles. The third-order valence-corrected chi connectivity index (χ3v) is 2.37. The highest BCUT2D eigenvalue weighted by Gasteiger charge is 2.37. The lowest BCUT2D eigenvalue weighted by Gasteiger charge is -2.37. The van der Waals surface area contributed by atoms with Crippen molar-refractivity contribution >= 4 is 23.6 Å². The van der Waals surface area contributed by atoms with Crippen LogP contribution in [-0.4, -0.2) is 59.8 Å². The summed E-state index contributed by atoms with van der Waals surface area (Å²) in [5.41, 5.74) is 0. The number of carbonyl (C=O) groups excluding carboxylic acids is 4. The maximum absolute atomic E-state index is 11.5. The van der Waals surface area contributed by atoms with Gasteiger partial charge in [0.05, 0.1) is 13.1 Å². The third-order valence-electron chi connectivity index (χ3n) is 2.37. The Hall–Kier alpha value is -2.12. The van der Waals surface area contributed by atoms with Gasteiger partial charge in [0.25, 0.3) is 0 Å². The van der Waals surface area contributed by atoms with Crippen molar-refractivity contribution < 1.29 is 19.2 Å². The summed E-state index contributed by atoms with van der Waals surface area (Å²) < 4.78 is 0. The van der Waals surface area contributed by atoms with Crippen LogP contribution in [0.25, 0.3) is 0 Å². The summed E-state index contributed by atoms with van der Waals surface area (Å²) in [7, 11) is 0. The molecule has 0 radical (unpaired) electrons. The van der Waals surface area contributed by atoms with E-state index in [4.69, 9.17) is 0 Å². The number of hydrogen-bond donors (Lipinski definition) is 2. The van der Waals surface area contributed by atoms with Crippen LogP contribution in [0.5, 0.6) is 0 Å². The van der Waals surface area contributed by atoms with Gasteiger partial charge in [0, 0.05) is 13.1 Å². The zero-order valence-electron chi connectivity index (χ0n) is 8.36. The highest BCUT2D eigenvalue weighted by molar-refractivity contribution is 6.38. The molecule has 2 heterocycles. The first kappa shape index (κ1) is 10.4. The summed E-state index contributed by atoms with van der Waals surface area (Å²) in [5.74, 6) is -3.14. The first-order chi connectivity index (χ1) is 7.61. The van der Waals surface area contributed by atoms with Gasteiger partial charge in [-0.1, -0.05) is 0 Å². The van der Waals surface area contributed by atoms with E-state index < -0.39 is 23.6 Å². The molecular weight excluding hydrogens is 216 g/mol. The van der Waals surface area contributed by atoms with Gasteiger partial charge in [-0.3, -0.25) is 19.2 Å². The van der Waals surface area contributed by atoms with Gasteiger partial charge >= 0.3 is 23.6 Å². The topological polar surface area (TPSA) is 98.8 Å². The number of hydrogen-bond acceptors (Lipinski definition) is 4. The first-order valence-electron chi connectivity index (χ1n) is 4.80. The molecule has 2 rings (SSSR count). The number of rotatable bonds is 1. The number of piperazine rings is 2. The third kappa shape index (κ3) is 1.58. The molecule has 0 spiro atoms. The average molecular weight is 226 g/mol. The van der Waals surface area contributed by atoms with Gasteiger partial charge in [0.1, 0.15) is 0 Å². The van der Waals surface area contributed by atoms with Crippen LogP contribution in [0.3, 0.4) is 0 Å². The lowest BCUT2D eigenvalue weighted by atomic mass is 10.3. The van der Waals surface area contributed by atoms with Crippen molar-refractivity contribution in [3.05, 3.63) is 0 Å². The standard InChI is InChI=1S/C8H10N4O4/c13-5-7(15)11(3-1-9-5)12-4-2-10-6(14)8(12)16/h1-4H2,(H,9,13)(H,10,14). The molecule has 4 amide bonds. The van der Waals surface area contributed by atoms with E-state index in [1.54, 1.807) is 0 Å². The summed E-state index contributed by atoms with van der Waals surface area (Å²) in [6, 6.07) is 0. The lowest BCUT2D eigenvalue weighted by molar-refractivity contribution is -0.174. The Kier molecular flexibility index (Phi) is 2.47. The summed E-state index contributed by atoms with van der Waals surface area (Å²) in [5, 5.41) is 6.74. The monoisotopic (exact) mass is 226 g/mol. The van der Waals surface area contributed by atoms with Crippen molar-refractivity contribution in [1.29, 1.82) is 0 Å². The van der Waals surface area contributed by atoms with E-state index in [2.05, 4.69) is 10.6 Å². The molecule has 2 aliphatic heterocycles. The smallest absolute Gasteiger partial charge is 0.330 e. The molecule has 0 aliphatic carbocycles. The van der Waals surface area contributed by atoms with Crippen LogP contribution in [0.1, 0.15) is 0 Å². The number of amides is 4. The van der Waals surface area contributed by atoms with Crippen molar-refractivity contribution in [3.63, 3.8) is 0 Å². The van der Waals surface area contributed by atoms with Gasteiger partial charge in [-0.2, -0.15) is 0 Å². The Morgan fingerprint density at radius 1 is 0.750 bits per heavy atom. The molecule has 16 heavy (non-hydrogen) atoms. The fraction of sp³-hybridized carbons (Fsp3) is 0.500. The molecule has 2 N–H and O–H groups in total. The van der Waals surface area contributed by atoms with Crippen LogP contribution < -0.4 is 10.6 Å². The minimum absolute atomic E-state index is 0.198. The summed E-state index contributed by atoms with van der Waals surface area (Å²) >= 11 is 0. The Morgan fingerprint density at radius 2 is 1.12 bits per heavy atom. The molecule has 86 valence electrons. The SMILES string of the molecule is O=C1NCCN(N2CCNC(=O)C2=O)C1=O. The molecule has 2 aliphatic rings. The van der Waals surface area contributed by atoms with Crippen molar-refractivity contribution in [2.75, 3.05) is 26.2 Å². The lowest BCUT2D eigenvalue weighted by Crippen LogP contribution is -2.65. The molecule has 0 aromatic heterocycles. The fourth-order valence-corrected chi connectivity index (χ4v) is 1.60. The summed E-state index contributed by atoms with van der Waals surface area (Å²) in [4.78, 5) is 45.1. The number of carbonyl (C=O) groups is 4. The highest BCUT2D eigenvalue weighted by atomic mass is 16.2. The molecular formula is C8H10N4O4. The Labute approximate surface area is 90.5 Å². The second kappa shape index (κ2) is 3.80. The second-order valence-corrected chi connectivity index (χ2v) is 3.37. The van der Waals surface area contributed by atoms with Crippen molar-refractivity contribution in [1.82, 2.24) is 20.7 Å². The molecule has 8 nitrogen and oxygen atoms in total. The summed E-state index contributed by atoms with van der Waals surface area (Å²) in [6.07, 6.45) is 0. The maximum Gasteiger partial charge on any atom is 0.330 e. The Bertz CT molecular complexity index is 344. The van der Waals surface area contributed by atoms with E-state index in [0.29, 0.717) is 0 Å². The predicted molar refractivity (Wildman–Crippen MR) is 49.4 cm³/mol. The molecule has 8 heteroatoms. The fourth-order valence-electron chi connectivity index (χ4n) is 1.60. The largest absolute Gasteiger partial charge is 0.346 e. The number of nitrogens with one attached hydrogen (secondary N) is 2. The van der Waals surface area contributed by atoms with E-state index in [-0.39, 0.29) is 26.2 Å². The minimum Gasteiger partial charge on any atom is -0.346 e. The molecule has 0 bridgehead atoms.